The first kappa shape index (κ1) is 16.5. The van der Waals surface area contributed by atoms with Gasteiger partial charge in [-0.2, -0.15) is 5.10 Å². The van der Waals surface area contributed by atoms with Crippen LogP contribution in [-0.4, -0.2) is 50.7 Å². The molecule has 4 heterocycles. The van der Waals surface area contributed by atoms with Crippen molar-refractivity contribution in [3.8, 4) is 11.4 Å². The van der Waals surface area contributed by atoms with Crippen molar-refractivity contribution in [1.82, 2.24) is 25.1 Å². The molecule has 2 N–H and O–H groups in total. The van der Waals surface area contributed by atoms with Crippen molar-refractivity contribution in [2.45, 2.75) is 31.8 Å². The molecule has 1 saturated heterocycles. The number of hydrogen-bond donors (Lipinski definition) is 2. The summed E-state index contributed by atoms with van der Waals surface area (Å²) in [5, 5.41) is 6.84. The molecule has 0 atom stereocenters. The minimum Gasteiger partial charge on any atom is -0.369 e. The van der Waals surface area contributed by atoms with Gasteiger partial charge < -0.3 is 9.88 Å². The van der Waals surface area contributed by atoms with E-state index in [2.05, 4.69) is 25.0 Å². The largest absolute Gasteiger partial charge is 0.369 e. The molecular formula is C20H23FN6. The van der Waals surface area contributed by atoms with Crippen LogP contribution in [-0.2, 0) is 13.0 Å². The Labute approximate surface area is 157 Å². The highest BCUT2D eigenvalue weighted by Gasteiger charge is 2.29. The summed E-state index contributed by atoms with van der Waals surface area (Å²) in [5.41, 5.74) is 4.12. The fourth-order valence-corrected chi connectivity index (χ4v) is 4.32. The van der Waals surface area contributed by atoms with Gasteiger partial charge in [-0.15, -0.1) is 0 Å². The SMILES string of the molecule is Fc1ccccc1N1CCC(N2CCc3nc(-c4cn[nH]c4)[nH]c3C2)CC1. The molecule has 5 rings (SSSR count). The number of aromatic amines is 2. The molecule has 6 nitrogen and oxygen atoms in total. The number of anilines is 1. The third-order valence-corrected chi connectivity index (χ3v) is 5.81. The van der Waals surface area contributed by atoms with Crippen LogP contribution in [0.5, 0.6) is 0 Å². The Morgan fingerprint density at radius 1 is 1.11 bits per heavy atom. The van der Waals surface area contributed by atoms with E-state index in [0.717, 1.165) is 62.5 Å². The number of benzene rings is 1. The molecule has 0 amide bonds. The lowest BCUT2D eigenvalue weighted by molar-refractivity contribution is 0.150. The van der Waals surface area contributed by atoms with Crippen molar-refractivity contribution in [3.05, 3.63) is 53.9 Å². The molecule has 27 heavy (non-hydrogen) atoms. The van der Waals surface area contributed by atoms with E-state index in [1.807, 2.05) is 18.3 Å². The molecule has 2 aliphatic heterocycles. The summed E-state index contributed by atoms with van der Waals surface area (Å²) in [6.45, 7) is 3.74. The van der Waals surface area contributed by atoms with E-state index >= 15 is 0 Å². The lowest BCUT2D eigenvalue weighted by atomic mass is 9.99. The molecule has 1 fully saturated rings. The molecule has 0 bridgehead atoms. The summed E-state index contributed by atoms with van der Waals surface area (Å²) in [7, 11) is 0. The number of halogens is 1. The van der Waals surface area contributed by atoms with Crippen LogP contribution >= 0.6 is 0 Å². The number of hydrogen-bond acceptors (Lipinski definition) is 4. The van der Waals surface area contributed by atoms with Crippen LogP contribution in [0.4, 0.5) is 10.1 Å². The maximum atomic E-state index is 14.0. The minimum atomic E-state index is -0.122. The molecule has 0 aliphatic carbocycles. The molecule has 2 aromatic heterocycles. The fraction of sp³-hybridized carbons (Fsp3) is 0.400. The zero-order valence-electron chi connectivity index (χ0n) is 15.2. The second-order valence-corrected chi connectivity index (χ2v) is 7.39. The first-order valence-corrected chi connectivity index (χ1v) is 9.58. The minimum absolute atomic E-state index is 0.122. The van der Waals surface area contributed by atoms with Crippen LogP contribution in [0.25, 0.3) is 11.4 Å². The topological polar surface area (TPSA) is 63.8 Å². The molecule has 3 aromatic rings. The van der Waals surface area contributed by atoms with Gasteiger partial charge in [-0.1, -0.05) is 12.1 Å². The van der Waals surface area contributed by atoms with Gasteiger partial charge in [-0.25, -0.2) is 9.37 Å². The van der Waals surface area contributed by atoms with Gasteiger partial charge in [0.05, 0.1) is 28.8 Å². The molecule has 0 saturated carbocycles. The highest BCUT2D eigenvalue weighted by Crippen LogP contribution is 2.28. The number of para-hydroxylation sites is 1. The van der Waals surface area contributed by atoms with E-state index in [-0.39, 0.29) is 5.82 Å². The average molecular weight is 366 g/mol. The Morgan fingerprint density at radius 2 is 1.96 bits per heavy atom. The third-order valence-electron chi connectivity index (χ3n) is 5.81. The van der Waals surface area contributed by atoms with Gasteiger partial charge in [0.25, 0.3) is 0 Å². The number of aromatic nitrogens is 4. The van der Waals surface area contributed by atoms with Crippen LogP contribution < -0.4 is 4.90 Å². The smallest absolute Gasteiger partial charge is 0.146 e. The molecule has 0 unspecified atom stereocenters. The van der Waals surface area contributed by atoms with Crippen LogP contribution in [0.2, 0.25) is 0 Å². The molecule has 0 spiro atoms. The number of imidazole rings is 1. The lowest BCUT2D eigenvalue weighted by Crippen LogP contribution is -2.46. The van der Waals surface area contributed by atoms with E-state index in [1.165, 1.54) is 11.4 Å². The van der Waals surface area contributed by atoms with Gasteiger partial charge in [-0.3, -0.25) is 10.00 Å². The van der Waals surface area contributed by atoms with Gasteiger partial charge in [0.1, 0.15) is 11.6 Å². The predicted octanol–water partition coefficient (Wildman–Crippen LogP) is 2.97. The van der Waals surface area contributed by atoms with Gasteiger partial charge in [-0.05, 0) is 25.0 Å². The summed E-state index contributed by atoms with van der Waals surface area (Å²) in [6, 6.07) is 7.63. The molecule has 7 heteroatoms. The first-order valence-electron chi connectivity index (χ1n) is 9.58. The summed E-state index contributed by atoms with van der Waals surface area (Å²) >= 11 is 0. The Hall–Kier alpha value is -2.67. The monoisotopic (exact) mass is 366 g/mol. The van der Waals surface area contributed by atoms with E-state index in [4.69, 9.17) is 4.98 Å². The third kappa shape index (κ3) is 3.12. The first-order chi connectivity index (χ1) is 13.3. The Kier molecular flexibility index (Phi) is 4.16. The van der Waals surface area contributed by atoms with E-state index < -0.39 is 0 Å². The van der Waals surface area contributed by atoms with E-state index in [1.54, 1.807) is 18.3 Å². The van der Waals surface area contributed by atoms with Crippen LogP contribution in [0.1, 0.15) is 24.2 Å². The number of H-pyrrole nitrogens is 2. The zero-order valence-corrected chi connectivity index (χ0v) is 15.2. The number of fused-ring (bicyclic) bond motifs is 1. The van der Waals surface area contributed by atoms with Crippen LogP contribution in [0, 0.1) is 5.82 Å². The molecule has 2 aliphatic rings. The highest BCUT2D eigenvalue weighted by molar-refractivity contribution is 5.53. The summed E-state index contributed by atoms with van der Waals surface area (Å²) in [5.74, 6) is 0.771. The molecule has 1 aromatic carbocycles. The lowest BCUT2D eigenvalue weighted by Gasteiger charge is -2.40. The van der Waals surface area contributed by atoms with Crippen molar-refractivity contribution in [3.63, 3.8) is 0 Å². The number of nitrogens with zero attached hydrogens (tertiary/aromatic N) is 4. The van der Waals surface area contributed by atoms with Gasteiger partial charge in [0.2, 0.25) is 0 Å². The van der Waals surface area contributed by atoms with Crippen molar-refractivity contribution >= 4 is 5.69 Å². The van der Waals surface area contributed by atoms with E-state index in [0.29, 0.717) is 6.04 Å². The maximum Gasteiger partial charge on any atom is 0.146 e. The van der Waals surface area contributed by atoms with Crippen LogP contribution in [0.15, 0.2) is 36.7 Å². The van der Waals surface area contributed by atoms with Gasteiger partial charge in [0.15, 0.2) is 0 Å². The number of piperidine rings is 1. The fourth-order valence-electron chi connectivity index (χ4n) is 4.32. The summed E-state index contributed by atoms with van der Waals surface area (Å²) < 4.78 is 14.0. The van der Waals surface area contributed by atoms with Gasteiger partial charge >= 0.3 is 0 Å². The zero-order chi connectivity index (χ0) is 18.2. The number of rotatable bonds is 3. The van der Waals surface area contributed by atoms with Crippen LogP contribution in [0.3, 0.4) is 0 Å². The van der Waals surface area contributed by atoms with Crippen molar-refractivity contribution in [2.24, 2.45) is 0 Å². The van der Waals surface area contributed by atoms with E-state index in [9.17, 15) is 4.39 Å². The Morgan fingerprint density at radius 3 is 2.74 bits per heavy atom. The van der Waals surface area contributed by atoms with Crippen molar-refractivity contribution < 1.29 is 4.39 Å². The molecule has 0 radical (unpaired) electrons. The Balaban J connectivity index is 1.25. The normalized spacial score (nSPS) is 18.6. The average Bonchev–Trinajstić information content (AvgIpc) is 3.37. The highest BCUT2D eigenvalue weighted by atomic mass is 19.1. The van der Waals surface area contributed by atoms with Gasteiger partial charge in [0, 0.05) is 44.8 Å². The molecule has 140 valence electrons. The van der Waals surface area contributed by atoms with Crippen molar-refractivity contribution in [2.75, 3.05) is 24.5 Å². The standard InChI is InChI=1S/C20H23FN6/c21-16-3-1-2-4-19(16)26-8-5-15(6-9-26)27-10-7-17-18(13-27)25-20(24-17)14-11-22-23-12-14/h1-4,11-12,15H,5-10,13H2,(H,22,23)(H,24,25). The Bertz CT molecular complexity index is 910. The molecular weight excluding hydrogens is 343 g/mol. The number of nitrogens with one attached hydrogen (secondary N) is 2. The summed E-state index contributed by atoms with van der Waals surface area (Å²) in [4.78, 5) is 12.9. The predicted molar refractivity (Wildman–Crippen MR) is 102 cm³/mol. The maximum absolute atomic E-state index is 14.0. The second-order valence-electron chi connectivity index (χ2n) is 7.39. The summed E-state index contributed by atoms with van der Waals surface area (Å²) in [6.07, 6.45) is 6.75. The van der Waals surface area contributed by atoms with Crippen molar-refractivity contribution in [1.29, 1.82) is 0 Å². The quantitative estimate of drug-likeness (QED) is 0.748. The second kappa shape index (κ2) is 6.81.